The van der Waals surface area contributed by atoms with Gasteiger partial charge in [0.05, 0.1) is 9.31 Å². The largest absolute Gasteiger partial charge is 0.461 e. The number of esters is 1. The normalized spacial score (nSPS) is 20.2. The van der Waals surface area contributed by atoms with Crippen LogP contribution in [0.25, 0.3) is 0 Å². The number of hydrogen-bond donors (Lipinski definition) is 0. The fraction of sp³-hybridized carbons (Fsp3) is 0.286. The van der Waals surface area contributed by atoms with Crippen molar-refractivity contribution in [1.82, 2.24) is 0 Å². The Morgan fingerprint density at radius 1 is 1.08 bits per heavy atom. The molecule has 1 fully saturated rings. The summed E-state index contributed by atoms with van der Waals surface area (Å²) in [5.41, 5.74) is 0.821. The molecule has 0 saturated heterocycles. The molecular formula is C21H20Br2O3. The minimum atomic E-state index is -0.160. The summed E-state index contributed by atoms with van der Waals surface area (Å²) < 4.78 is 12.2. The van der Waals surface area contributed by atoms with Crippen molar-refractivity contribution in [2.75, 3.05) is 0 Å². The Balaban J connectivity index is 1.59. The third kappa shape index (κ3) is 4.57. The van der Waals surface area contributed by atoms with E-state index < -0.39 is 0 Å². The average molecular weight is 480 g/mol. The first-order valence-electron chi connectivity index (χ1n) is 8.39. The maximum atomic E-state index is 12.4. The number of carbonyl (C=O) groups is 1. The number of allylic oxidation sites excluding steroid dienone is 1. The van der Waals surface area contributed by atoms with E-state index in [-0.39, 0.29) is 29.8 Å². The molecular weight excluding hydrogens is 460 g/mol. The Morgan fingerprint density at radius 2 is 1.77 bits per heavy atom. The SMILES string of the molecule is CC1(C)[C@H](C(=O)OCc2cccc(Oc3ccccc3)c2)[C@@H]1C=C(Br)Br. The van der Waals surface area contributed by atoms with Crippen molar-refractivity contribution in [3.63, 3.8) is 0 Å². The predicted molar refractivity (Wildman–Crippen MR) is 109 cm³/mol. The average Bonchev–Trinajstić information content (AvgIpc) is 3.13. The van der Waals surface area contributed by atoms with Crippen LogP contribution in [0.3, 0.4) is 0 Å². The van der Waals surface area contributed by atoms with Crippen LogP contribution in [0, 0.1) is 17.3 Å². The quantitative estimate of drug-likeness (QED) is 0.448. The van der Waals surface area contributed by atoms with Crippen molar-refractivity contribution in [3.05, 3.63) is 69.6 Å². The van der Waals surface area contributed by atoms with Crippen LogP contribution >= 0.6 is 31.9 Å². The Kier molecular flexibility index (Phi) is 5.88. The molecule has 0 unspecified atom stereocenters. The summed E-state index contributed by atoms with van der Waals surface area (Å²) in [5.74, 6) is 1.40. The summed E-state index contributed by atoms with van der Waals surface area (Å²) in [4.78, 5) is 12.4. The van der Waals surface area contributed by atoms with E-state index in [2.05, 4.69) is 45.7 Å². The van der Waals surface area contributed by atoms with Gasteiger partial charge in [0, 0.05) is 0 Å². The number of carbonyl (C=O) groups excluding carboxylic acids is 1. The van der Waals surface area contributed by atoms with Gasteiger partial charge in [-0.05, 0) is 73.0 Å². The number of hydrogen-bond acceptors (Lipinski definition) is 3. The lowest BCUT2D eigenvalue weighted by atomic mass is 10.1. The van der Waals surface area contributed by atoms with E-state index in [1.807, 2.05) is 60.7 Å². The van der Waals surface area contributed by atoms with Gasteiger partial charge in [-0.25, -0.2) is 0 Å². The zero-order valence-electron chi connectivity index (χ0n) is 14.6. The standard InChI is InChI=1S/C21H20Br2O3/c1-21(2)17(12-18(22)23)19(21)20(24)25-13-14-7-6-10-16(11-14)26-15-8-4-3-5-9-15/h3-12,17,19H,13H2,1-2H3/t17-,19-/m0/s1. The molecule has 3 nitrogen and oxygen atoms in total. The topological polar surface area (TPSA) is 35.5 Å². The van der Waals surface area contributed by atoms with Gasteiger partial charge < -0.3 is 9.47 Å². The van der Waals surface area contributed by atoms with Crippen LogP contribution in [-0.4, -0.2) is 5.97 Å². The molecule has 5 heteroatoms. The van der Waals surface area contributed by atoms with Gasteiger partial charge in [0.15, 0.2) is 0 Å². The molecule has 0 heterocycles. The van der Waals surface area contributed by atoms with E-state index in [0.717, 1.165) is 20.5 Å². The molecule has 2 aromatic carbocycles. The maximum Gasteiger partial charge on any atom is 0.310 e. The van der Waals surface area contributed by atoms with Crippen molar-refractivity contribution in [2.24, 2.45) is 17.3 Å². The molecule has 3 rings (SSSR count). The zero-order valence-corrected chi connectivity index (χ0v) is 17.8. The highest BCUT2D eigenvalue weighted by Gasteiger charge is 2.61. The molecule has 2 atom stereocenters. The Bertz CT molecular complexity index is 811. The molecule has 0 bridgehead atoms. The fourth-order valence-corrected chi connectivity index (χ4v) is 3.71. The lowest BCUT2D eigenvalue weighted by Gasteiger charge is -2.09. The fourth-order valence-electron chi connectivity index (χ4n) is 3.14. The third-order valence-electron chi connectivity index (χ3n) is 4.73. The van der Waals surface area contributed by atoms with Gasteiger partial charge in [-0.3, -0.25) is 4.79 Å². The molecule has 0 spiro atoms. The second kappa shape index (κ2) is 7.97. The van der Waals surface area contributed by atoms with E-state index in [1.54, 1.807) is 0 Å². The predicted octanol–water partition coefficient (Wildman–Crippen LogP) is 6.43. The summed E-state index contributed by atoms with van der Waals surface area (Å²) in [5, 5.41) is 0. The molecule has 0 radical (unpaired) electrons. The maximum absolute atomic E-state index is 12.4. The molecule has 0 aliphatic heterocycles. The Morgan fingerprint density at radius 3 is 2.46 bits per heavy atom. The zero-order chi connectivity index (χ0) is 18.7. The van der Waals surface area contributed by atoms with E-state index in [4.69, 9.17) is 9.47 Å². The molecule has 136 valence electrons. The van der Waals surface area contributed by atoms with Gasteiger partial charge >= 0.3 is 5.97 Å². The molecule has 1 aliphatic carbocycles. The first-order chi connectivity index (χ1) is 12.4. The summed E-state index contributed by atoms with van der Waals surface area (Å²) in [7, 11) is 0. The van der Waals surface area contributed by atoms with Crippen LogP contribution in [0.15, 0.2) is 64.1 Å². The van der Waals surface area contributed by atoms with Crippen molar-refractivity contribution >= 4 is 37.8 Å². The van der Waals surface area contributed by atoms with Crippen molar-refractivity contribution in [3.8, 4) is 11.5 Å². The smallest absolute Gasteiger partial charge is 0.310 e. The van der Waals surface area contributed by atoms with Crippen LogP contribution in [0.5, 0.6) is 11.5 Å². The molecule has 1 saturated carbocycles. The number of ether oxygens (including phenoxy) is 2. The molecule has 26 heavy (non-hydrogen) atoms. The van der Waals surface area contributed by atoms with Crippen molar-refractivity contribution in [2.45, 2.75) is 20.5 Å². The Hall–Kier alpha value is -1.59. The summed E-state index contributed by atoms with van der Waals surface area (Å²) in [6.07, 6.45) is 2.01. The number of halogens is 2. The first-order valence-corrected chi connectivity index (χ1v) is 9.98. The highest BCUT2D eigenvalue weighted by Crippen LogP contribution is 2.60. The summed E-state index contributed by atoms with van der Waals surface area (Å²) >= 11 is 6.73. The van der Waals surface area contributed by atoms with E-state index in [9.17, 15) is 4.79 Å². The second-order valence-electron chi connectivity index (χ2n) is 6.95. The van der Waals surface area contributed by atoms with E-state index in [0.29, 0.717) is 0 Å². The lowest BCUT2D eigenvalue weighted by molar-refractivity contribution is -0.147. The molecule has 0 aromatic heterocycles. The number of rotatable bonds is 6. The van der Waals surface area contributed by atoms with Gasteiger partial charge in [0.25, 0.3) is 0 Å². The van der Waals surface area contributed by atoms with Gasteiger partial charge in [0.1, 0.15) is 18.1 Å². The minimum absolute atomic E-state index is 0.0812. The van der Waals surface area contributed by atoms with Crippen molar-refractivity contribution < 1.29 is 14.3 Å². The van der Waals surface area contributed by atoms with Gasteiger partial charge in [-0.15, -0.1) is 0 Å². The van der Waals surface area contributed by atoms with Gasteiger partial charge in [-0.1, -0.05) is 50.3 Å². The monoisotopic (exact) mass is 478 g/mol. The van der Waals surface area contributed by atoms with Crippen LogP contribution in [-0.2, 0) is 16.1 Å². The number of benzene rings is 2. The number of para-hydroxylation sites is 1. The second-order valence-corrected chi connectivity index (χ2v) is 9.72. The van der Waals surface area contributed by atoms with Gasteiger partial charge in [-0.2, -0.15) is 0 Å². The molecule has 1 aliphatic rings. The van der Waals surface area contributed by atoms with Gasteiger partial charge in [0.2, 0.25) is 0 Å². The minimum Gasteiger partial charge on any atom is -0.461 e. The van der Waals surface area contributed by atoms with Crippen LogP contribution < -0.4 is 4.74 Å². The van der Waals surface area contributed by atoms with E-state index in [1.165, 1.54) is 0 Å². The van der Waals surface area contributed by atoms with Crippen LogP contribution in [0.4, 0.5) is 0 Å². The molecule has 2 aromatic rings. The third-order valence-corrected chi connectivity index (χ3v) is 5.26. The molecule has 0 amide bonds. The Labute approximate surface area is 170 Å². The van der Waals surface area contributed by atoms with Crippen LogP contribution in [0.2, 0.25) is 0 Å². The van der Waals surface area contributed by atoms with Crippen molar-refractivity contribution in [1.29, 1.82) is 0 Å². The van der Waals surface area contributed by atoms with Crippen LogP contribution in [0.1, 0.15) is 19.4 Å². The molecule has 0 N–H and O–H groups in total. The lowest BCUT2D eigenvalue weighted by Crippen LogP contribution is -2.10. The highest BCUT2D eigenvalue weighted by atomic mass is 79.9. The summed E-state index contributed by atoms with van der Waals surface area (Å²) in [6.45, 7) is 4.40. The highest BCUT2D eigenvalue weighted by molar-refractivity contribution is 9.28. The first kappa shape index (κ1) is 19.2. The van der Waals surface area contributed by atoms with E-state index >= 15 is 0 Å². The summed E-state index contributed by atoms with van der Waals surface area (Å²) in [6, 6.07) is 17.2.